The molecular formula is C19H23NO. The van der Waals surface area contributed by atoms with Gasteiger partial charge in [-0.2, -0.15) is 0 Å². The van der Waals surface area contributed by atoms with Crippen LogP contribution in [0, 0.1) is 5.41 Å². The molecule has 2 aromatic rings. The molecule has 2 nitrogen and oxygen atoms in total. The third kappa shape index (κ3) is 4.75. The van der Waals surface area contributed by atoms with Gasteiger partial charge in [0.1, 0.15) is 0 Å². The number of rotatable bonds is 4. The lowest BCUT2D eigenvalue weighted by Crippen LogP contribution is -2.31. The van der Waals surface area contributed by atoms with Crippen molar-refractivity contribution in [1.29, 1.82) is 0 Å². The Hall–Kier alpha value is -2.09. The second-order valence-corrected chi connectivity index (χ2v) is 6.57. The van der Waals surface area contributed by atoms with E-state index < -0.39 is 0 Å². The molecule has 1 atom stereocenters. The van der Waals surface area contributed by atoms with E-state index in [1.807, 2.05) is 48.5 Å². The molecule has 1 unspecified atom stereocenters. The molecule has 0 bridgehead atoms. The lowest BCUT2D eigenvalue weighted by atomic mass is 9.85. The van der Waals surface area contributed by atoms with Crippen molar-refractivity contribution in [2.75, 3.05) is 0 Å². The molecule has 0 saturated heterocycles. The van der Waals surface area contributed by atoms with Crippen LogP contribution in [0.1, 0.15) is 49.2 Å². The molecule has 0 spiro atoms. The minimum atomic E-state index is -0.0197. The number of hydrogen-bond donors (Lipinski definition) is 1. The Balaban J connectivity index is 2.19. The molecule has 1 amide bonds. The maximum atomic E-state index is 12.4. The Kier molecular flexibility index (Phi) is 4.79. The van der Waals surface area contributed by atoms with E-state index in [9.17, 15) is 4.79 Å². The molecule has 2 aromatic carbocycles. The summed E-state index contributed by atoms with van der Waals surface area (Å²) in [5.41, 5.74) is 1.99. The second kappa shape index (κ2) is 6.57. The highest BCUT2D eigenvalue weighted by Gasteiger charge is 2.22. The third-order valence-corrected chi connectivity index (χ3v) is 3.36. The number of carbonyl (C=O) groups excluding carboxylic acids is 1. The lowest BCUT2D eigenvalue weighted by molar-refractivity contribution is 0.0926. The third-order valence-electron chi connectivity index (χ3n) is 3.36. The first-order valence-electron chi connectivity index (χ1n) is 7.36. The molecule has 2 heteroatoms. The van der Waals surface area contributed by atoms with Crippen molar-refractivity contribution in [2.24, 2.45) is 5.41 Å². The molecule has 0 heterocycles. The predicted molar refractivity (Wildman–Crippen MR) is 87.2 cm³/mol. The minimum absolute atomic E-state index is 0.0197. The van der Waals surface area contributed by atoms with Gasteiger partial charge in [0.2, 0.25) is 0 Å². The fourth-order valence-electron chi connectivity index (χ4n) is 2.38. The fraction of sp³-hybridized carbons (Fsp3) is 0.316. The summed E-state index contributed by atoms with van der Waals surface area (Å²) in [6.45, 7) is 6.58. The fourth-order valence-corrected chi connectivity index (χ4v) is 2.38. The van der Waals surface area contributed by atoms with Gasteiger partial charge in [0.25, 0.3) is 5.91 Å². The molecule has 2 rings (SSSR count). The van der Waals surface area contributed by atoms with Gasteiger partial charge in [-0.15, -0.1) is 0 Å². The quantitative estimate of drug-likeness (QED) is 0.872. The van der Waals surface area contributed by atoms with Crippen molar-refractivity contribution in [2.45, 2.75) is 33.2 Å². The lowest BCUT2D eigenvalue weighted by Gasteiger charge is -2.27. The Morgan fingerprint density at radius 2 is 1.48 bits per heavy atom. The van der Waals surface area contributed by atoms with Crippen LogP contribution in [-0.4, -0.2) is 5.91 Å². The summed E-state index contributed by atoms with van der Waals surface area (Å²) >= 11 is 0. The number of hydrogen-bond acceptors (Lipinski definition) is 1. The Morgan fingerprint density at radius 3 is 2.00 bits per heavy atom. The maximum Gasteiger partial charge on any atom is 0.251 e. The number of amides is 1. The van der Waals surface area contributed by atoms with Crippen molar-refractivity contribution in [3.8, 4) is 0 Å². The summed E-state index contributed by atoms with van der Waals surface area (Å²) in [6, 6.07) is 19.6. The smallest absolute Gasteiger partial charge is 0.251 e. The van der Waals surface area contributed by atoms with Gasteiger partial charge in [0.15, 0.2) is 0 Å². The van der Waals surface area contributed by atoms with Gasteiger partial charge in [-0.25, -0.2) is 0 Å². The summed E-state index contributed by atoms with van der Waals surface area (Å²) in [4.78, 5) is 12.4. The summed E-state index contributed by atoms with van der Waals surface area (Å²) in [5.74, 6) is -0.0197. The van der Waals surface area contributed by atoms with Gasteiger partial charge in [-0.05, 0) is 29.5 Å². The van der Waals surface area contributed by atoms with E-state index in [4.69, 9.17) is 0 Å². The average Bonchev–Trinajstić information content (AvgIpc) is 2.47. The Labute approximate surface area is 127 Å². The van der Waals surface area contributed by atoms with Crippen LogP contribution in [-0.2, 0) is 0 Å². The van der Waals surface area contributed by atoms with Gasteiger partial charge >= 0.3 is 0 Å². The van der Waals surface area contributed by atoms with Crippen molar-refractivity contribution < 1.29 is 4.79 Å². The van der Waals surface area contributed by atoms with Crippen LogP contribution in [0.4, 0.5) is 0 Å². The predicted octanol–water partition coefficient (Wildman–Crippen LogP) is 4.59. The van der Waals surface area contributed by atoms with E-state index in [0.29, 0.717) is 5.56 Å². The number of nitrogens with one attached hydrogen (secondary N) is 1. The summed E-state index contributed by atoms with van der Waals surface area (Å²) < 4.78 is 0. The van der Waals surface area contributed by atoms with Gasteiger partial charge in [0, 0.05) is 5.56 Å². The Bertz CT molecular complexity index is 570. The highest BCUT2D eigenvalue weighted by molar-refractivity contribution is 5.94. The number of benzene rings is 2. The van der Waals surface area contributed by atoms with Crippen molar-refractivity contribution in [1.82, 2.24) is 5.32 Å². The average molecular weight is 281 g/mol. The molecule has 0 radical (unpaired) electrons. The molecule has 0 fully saturated rings. The van der Waals surface area contributed by atoms with Gasteiger partial charge < -0.3 is 5.32 Å². The molecule has 0 aliphatic heterocycles. The largest absolute Gasteiger partial charge is 0.345 e. The number of carbonyl (C=O) groups is 1. The molecular weight excluding hydrogens is 258 g/mol. The first-order valence-corrected chi connectivity index (χ1v) is 7.36. The standard InChI is InChI=1S/C19H23NO/c1-19(2,3)14-17(15-10-6-4-7-11-15)20-18(21)16-12-8-5-9-13-16/h4-13,17H,14H2,1-3H3,(H,20,21). The van der Waals surface area contributed by atoms with Gasteiger partial charge in [-0.1, -0.05) is 69.3 Å². The maximum absolute atomic E-state index is 12.4. The zero-order valence-electron chi connectivity index (χ0n) is 13.0. The summed E-state index contributed by atoms with van der Waals surface area (Å²) in [6.07, 6.45) is 0.898. The Morgan fingerprint density at radius 1 is 0.952 bits per heavy atom. The van der Waals surface area contributed by atoms with E-state index >= 15 is 0 Å². The van der Waals surface area contributed by atoms with Crippen LogP contribution in [0.15, 0.2) is 60.7 Å². The zero-order chi connectivity index (χ0) is 15.3. The SMILES string of the molecule is CC(C)(C)CC(NC(=O)c1ccccc1)c1ccccc1. The molecule has 0 aliphatic rings. The second-order valence-electron chi connectivity index (χ2n) is 6.57. The topological polar surface area (TPSA) is 29.1 Å². The van der Waals surface area contributed by atoms with E-state index in [1.165, 1.54) is 0 Å². The highest BCUT2D eigenvalue weighted by atomic mass is 16.1. The van der Waals surface area contributed by atoms with Crippen LogP contribution >= 0.6 is 0 Å². The molecule has 0 saturated carbocycles. The van der Waals surface area contributed by atoms with Gasteiger partial charge in [0.05, 0.1) is 6.04 Å². The highest BCUT2D eigenvalue weighted by Crippen LogP contribution is 2.29. The van der Waals surface area contributed by atoms with E-state index in [1.54, 1.807) is 0 Å². The van der Waals surface area contributed by atoms with Gasteiger partial charge in [-0.3, -0.25) is 4.79 Å². The van der Waals surface area contributed by atoms with Crippen LogP contribution in [0.25, 0.3) is 0 Å². The zero-order valence-corrected chi connectivity index (χ0v) is 13.0. The van der Waals surface area contributed by atoms with Crippen LogP contribution in [0.5, 0.6) is 0 Å². The molecule has 0 aliphatic carbocycles. The first kappa shape index (κ1) is 15.3. The van der Waals surface area contributed by atoms with Crippen LogP contribution < -0.4 is 5.32 Å². The monoisotopic (exact) mass is 281 g/mol. The van der Waals surface area contributed by atoms with E-state index in [0.717, 1.165) is 12.0 Å². The van der Waals surface area contributed by atoms with E-state index in [-0.39, 0.29) is 17.4 Å². The normalized spacial score (nSPS) is 12.7. The molecule has 21 heavy (non-hydrogen) atoms. The summed E-state index contributed by atoms with van der Waals surface area (Å²) in [7, 11) is 0. The summed E-state index contributed by atoms with van der Waals surface area (Å²) in [5, 5.41) is 3.17. The van der Waals surface area contributed by atoms with E-state index in [2.05, 4.69) is 38.2 Å². The van der Waals surface area contributed by atoms with Crippen LogP contribution in [0.3, 0.4) is 0 Å². The molecule has 0 aromatic heterocycles. The van der Waals surface area contributed by atoms with Crippen molar-refractivity contribution >= 4 is 5.91 Å². The van der Waals surface area contributed by atoms with Crippen molar-refractivity contribution in [3.05, 3.63) is 71.8 Å². The van der Waals surface area contributed by atoms with Crippen molar-refractivity contribution in [3.63, 3.8) is 0 Å². The first-order chi connectivity index (χ1) is 9.96. The minimum Gasteiger partial charge on any atom is -0.345 e. The van der Waals surface area contributed by atoms with Crippen LogP contribution in [0.2, 0.25) is 0 Å². The molecule has 110 valence electrons. The molecule has 1 N–H and O–H groups in total.